The molecule has 0 saturated carbocycles. The summed E-state index contributed by atoms with van der Waals surface area (Å²) < 4.78 is 4.95. The third-order valence-electron chi connectivity index (χ3n) is 1.34. The van der Waals surface area contributed by atoms with Crippen LogP contribution in [0.5, 0.6) is 0 Å². The van der Waals surface area contributed by atoms with E-state index in [1.807, 2.05) is 6.92 Å². The van der Waals surface area contributed by atoms with Crippen LogP contribution in [0.3, 0.4) is 0 Å². The number of carbonyl (C=O) groups is 1. The predicted octanol–water partition coefficient (Wildman–Crippen LogP) is -2.15. The Morgan fingerprint density at radius 1 is 1.47 bits per heavy atom. The van der Waals surface area contributed by atoms with Crippen molar-refractivity contribution in [3.05, 3.63) is 0 Å². The first-order valence-electron chi connectivity index (χ1n) is 4.36. The van der Waals surface area contributed by atoms with E-state index in [9.17, 15) is 4.79 Å². The molecule has 0 saturated heterocycles. The van der Waals surface area contributed by atoms with E-state index in [-0.39, 0.29) is 57.7 Å². The standard InChI is InChI=1S/C5H10O5.C3H6OS2.K.H/c6-1-3(8)5(10)4(9)2-7;1-2-4-3(5)6;;/h1,3-5,7-10H,2H2;2H2,1H3,(H,5,6);;/t3-,4-,5+;;;/m1.../s1. The fraction of sp³-hybridized carbons (Fsp3) is 0.750. The number of hydrogen-bond donors (Lipinski definition) is 5. The number of aliphatic hydroxyl groups is 4. The van der Waals surface area contributed by atoms with Gasteiger partial charge in [0.05, 0.1) is 13.2 Å². The third-order valence-corrected chi connectivity index (χ3v) is 1.59. The number of aliphatic hydroxyl groups excluding tert-OH is 4. The molecule has 0 fully saturated rings. The second-order valence-corrected chi connectivity index (χ2v) is 3.65. The second kappa shape index (κ2) is 15.4. The number of thiocarbonyl (C=S) groups is 1. The molecule has 0 bridgehead atoms. The minimum atomic E-state index is -1.64. The van der Waals surface area contributed by atoms with Crippen molar-refractivity contribution in [1.29, 1.82) is 0 Å². The molecule has 98 valence electrons. The normalized spacial score (nSPS) is 14.2. The fourth-order valence-corrected chi connectivity index (χ4v) is 0.787. The molecule has 0 aliphatic rings. The molecule has 9 heteroatoms. The molecule has 0 aromatic carbocycles. The van der Waals surface area contributed by atoms with Gasteiger partial charge in [-0.25, -0.2) is 0 Å². The van der Waals surface area contributed by atoms with Gasteiger partial charge in [-0.15, -0.1) is 0 Å². The Bertz CT molecular complexity index is 206. The zero-order valence-corrected chi connectivity index (χ0v) is 10.4. The average molecular weight is 312 g/mol. The molecule has 0 aliphatic heterocycles. The first-order chi connectivity index (χ1) is 7.40. The van der Waals surface area contributed by atoms with Crippen molar-refractivity contribution in [2.75, 3.05) is 13.2 Å². The van der Waals surface area contributed by atoms with Gasteiger partial charge in [0.15, 0.2) is 6.29 Å². The number of aldehydes is 1. The Morgan fingerprint density at radius 3 is 2.12 bits per heavy atom. The molecule has 0 amide bonds. The Morgan fingerprint density at radius 2 is 1.94 bits per heavy atom. The molecule has 0 radical (unpaired) electrons. The third kappa shape index (κ3) is 15.3. The van der Waals surface area contributed by atoms with Crippen LogP contribution in [-0.2, 0) is 9.53 Å². The molecule has 0 aliphatic carbocycles. The molecule has 0 rings (SSSR count). The van der Waals surface area contributed by atoms with Crippen LogP contribution < -0.4 is 0 Å². The monoisotopic (exact) mass is 312 g/mol. The van der Waals surface area contributed by atoms with Gasteiger partial charge < -0.3 is 30.0 Å². The maximum absolute atomic E-state index is 9.76. The predicted molar refractivity (Wildman–Crippen MR) is 71.5 cm³/mol. The van der Waals surface area contributed by atoms with Crippen molar-refractivity contribution < 1.29 is 30.0 Å². The van der Waals surface area contributed by atoms with Crippen LogP contribution in [0.15, 0.2) is 0 Å². The molecule has 17 heavy (non-hydrogen) atoms. The van der Waals surface area contributed by atoms with Crippen molar-refractivity contribution in [2.24, 2.45) is 0 Å². The molecule has 0 aromatic rings. The van der Waals surface area contributed by atoms with Crippen LogP contribution in [-0.4, -0.2) is 114 Å². The topological polar surface area (TPSA) is 107 Å². The first kappa shape index (κ1) is 23.5. The van der Waals surface area contributed by atoms with E-state index < -0.39 is 24.9 Å². The Balaban J connectivity index is -0.000000244. The molecule has 0 aromatic heterocycles. The van der Waals surface area contributed by atoms with E-state index >= 15 is 0 Å². The summed E-state index contributed by atoms with van der Waals surface area (Å²) in [6.07, 6.45) is -4.63. The Labute approximate surface area is 153 Å². The SMILES string of the molecule is CCOC(=S)S.O=C[C@@H](O)[C@H](O)[C@H](O)CO.[KH]. The number of thiol groups is 1. The summed E-state index contributed by atoms with van der Waals surface area (Å²) in [5.74, 6) is 0. The summed E-state index contributed by atoms with van der Waals surface area (Å²) in [5.41, 5.74) is 0. The van der Waals surface area contributed by atoms with Crippen LogP contribution in [0.4, 0.5) is 0 Å². The van der Waals surface area contributed by atoms with Crippen LogP contribution in [0.1, 0.15) is 6.92 Å². The van der Waals surface area contributed by atoms with Crippen molar-refractivity contribution >= 4 is 86.9 Å². The zero-order chi connectivity index (χ0) is 13.1. The zero-order valence-electron chi connectivity index (χ0n) is 8.68. The fourth-order valence-electron chi connectivity index (χ4n) is 0.540. The molecule has 0 unspecified atom stereocenters. The van der Waals surface area contributed by atoms with Crippen molar-refractivity contribution in [2.45, 2.75) is 25.2 Å². The maximum atomic E-state index is 9.76. The van der Waals surface area contributed by atoms with Crippen molar-refractivity contribution in [1.82, 2.24) is 0 Å². The summed E-state index contributed by atoms with van der Waals surface area (Å²) in [6.45, 7) is 1.79. The van der Waals surface area contributed by atoms with E-state index in [2.05, 4.69) is 29.6 Å². The summed E-state index contributed by atoms with van der Waals surface area (Å²) in [6, 6.07) is 0. The molecule has 4 N–H and O–H groups in total. The molecule has 0 heterocycles. The van der Waals surface area contributed by atoms with Crippen molar-refractivity contribution in [3.8, 4) is 0 Å². The quantitative estimate of drug-likeness (QED) is 0.170. The number of carbonyl (C=O) groups excluding carboxylic acids is 1. The van der Waals surface area contributed by atoms with Gasteiger partial charge in [-0.3, -0.25) is 0 Å². The van der Waals surface area contributed by atoms with Gasteiger partial charge in [0, 0.05) is 0 Å². The van der Waals surface area contributed by atoms with Gasteiger partial charge in [-0.05, 0) is 19.1 Å². The van der Waals surface area contributed by atoms with Gasteiger partial charge in [-0.2, -0.15) is 0 Å². The summed E-state index contributed by atoms with van der Waals surface area (Å²) in [7, 11) is 0. The molecule has 3 atom stereocenters. The van der Waals surface area contributed by atoms with E-state index in [0.717, 1.165) is 0 Å². The summed E-state index contributed by atoms with van der Waals surface area (Å²) >= 11 is 8.12. The van der Waals surface area contributed by atoms with Gasteiger partial charge >= 0.3 is 51.4 Å². The van der Waals surface area contributed by atoms with Crippen molar-refractivity contribution in [3.63, 3.8) is 0 Å². The van der Waals surface area contributed by atoms with E-state index in [1.54, 1.807) is 0 Å². The van der Waals surface area contributed by atoms with Crippen LogP contribution in [0.25, 0.3) is 0 Å². The van der Waals surface area contributed by atoms with Crippen LogP contribution in [0, 0.1) is 0 Å². The number of ether oxygens (including phenoxy) is 1. The average Bonchev–Trinajstić information content (AvgIpc) is 2.26. The van der Waals surface area contributed by atoms with E-state index in [0.29, 0.717) is 11.0 Å². The first-order valence-corrected chi connectivity index (χ1v) is 5.22. The Kier molecular flexibility index (Phi) is 21.3. The summed E-state index contributed by atoms with van der Waals surface area (Å²) in [4.78, 5) is 9.76. The van der Waals surface area contributed by atoms with Gasteiger partial charge in [-0.1, -0.05) is 12.6 Å². The van der Waals surface area contributed by atoms with Gasteiger partial charge in [0.2, 0.25) is 4.38 Å². The number of hydrogen-bond acceptors (Lipinski definition) is 7. The Hall–Kier alpha value is 1.39. The van der Waals surface area contributed by atoms with E-state index in [1.165, 1.54) is 0 Å². The van der Waals surface area contributed by atoms with Crippen LogP contribution >= 0.6 is 24.8 Å². The minimum absolute atomic E-state index is 0. The molecular weight excluding hydrogens is 295 g/mol. The van der Waals surface area contributed by atoms with Gasteiger partial charge in [0.1, 0.15) is 18.3 Å². The van der Waals surface area contributed by atoms with Crippen LogP contribution in [0.2, 0.25) is 0 Å². The second-order valence-electron chi connectivity index (χ2n) is 2.57. The van der Waals surface area contributed by atoms with Gasteiger partial charge in [0.25, 0.3) is 0 Å². The number of rotatable bonds is 5. The molecular formula is C8H17KO6S2. The summed E-state index contributed by atoms with van der Waals surface area (Å²) in [5, 5.41) is 34.1. The molecule has 6 nitrogen and oxygen atoms in total. The van der Waals surface area contributed by atoms with E-state index in [4.69, 9.17) is 20.4 Å². The molecule has 0 spiro atoms.